The lowest BCUT2D eigenvalue weighted by Gasteiger charge is -2.44. The number of carbonyl (C=O) groups excluding carboxylic acids is 1. The van der Waals surface area contributed by atoms with Crippen LogP contribution in [0, 0.1) is 5.82 Å². The topological polar surface area (TPSA) is 84.6 Å². The van der Waals surface area contributed by atoms with Crippen molar-refractivity contribution in [2.45, 2.75) is 38.5 Å². The van der Waals surface area contributed by atoms with E-state index in [1.165, 1.54) is 12.1 Å². The van der Waals surface area contributed by atoms with Crippen LogP contribution in [0.15, 0.2) is 59.7 Å². The van der Waals surface area contributed by atoms with Gasteiger partial charge in [0.1, 0.15) is 11.6 Å². The highest BCUT2D eigenvalue weighted by atomic mass is 19.4. The van der Waals surface area contributed by atoms with Crippen LogP contribution in [-0.2, 0) is 6.18 Å². The Morgan fingerprint density at radius 3 is 2.45 bits per heavy atom. The molecule has 0 spiro atoms. The molecule has 2 atom stereocenters. The number of rotatable bonds is 5. The second-order valence-electron chi connectivity index (χ2n) is 10.8. The molecule has 3 aromatic rings. The van der Waals surface area contributed by atoms with Crippen LogP contribution in [0.25, 0.3) is 5.57 Å². The van der Waals surface area contributed by atoms with Crippen LogP contribution in [0.5, 0.6) is 0 Å². The van der Waals surface area contributed by atoms with Crippen LogP contribution in [0.2, 0.25) is 0 Å². The number of piperazine rings is 1. The molecule has 8 nitrogen and oxygen atoms in total. The van der Waals surface area contributed by atoms with Crippen molar-refractivity contribution >= 4 is 28.7 Å². The third-order valence-electron chi connectivity index (χ3n) is 8.04. The summed E-state index contributed by atoms with van der Waals surface area (Å²) in [6, 6.07) is 9.03. The van der Waals surface area contributed by atoms with Crippen molar-refractivity contribution in [2.75, 3.05) is 48.3 Å². The first-order valence-electron chi connectivity index (χ1n) is 13.7. The summed E-state index contributed by atoms with van der Waals surface area (Å²) in [6.07, 6.45) is -0.0754. The second kappa shape index (κ2) is 11.6. The second-order valence-corrected chi connectivity index (χ2v) is 10.8. The Kier molecular flexibility index (Phi) is 8.09. The molecule has 1 amide bonds. The summed E-state index contributed by atoms with van der Waals surface area (Å²) < 4.78 is 57.0. The van der Waals surface area contributed by atoms with Crippen molar-refractivity contribution in [3.05, 3.63) is 87.7 Å². The highest BCUT2D eigenvalue weighted by Crippen LogP contribution is 2.37. The fraction of sp³-hybridized carbons (Fsp3) is 0.367. The number of pyridine rings is 2. The molecule has 0 unspecified atom stereocenters. The maximum atomic E-state index is 15.8. The number of aromatic amines is 1. The standard InChI is InChI=1S/C30H32F4N6O2/c1-18-16-40(17-19(2)38(18)3)26-14-24(31)21(20-7-10-39(11-8-20)27-6-4-5-9-35-27)12-25(26)37-29(42)22-15-36-28(41)13-23(22)30(32,33)34/h4-7,9,12-15,18-19H,8,10-11,16-17H2,1-3H3,(H,36,41)(H,37,42)/t18-,19+. The summed E-state index contributed by atoms with van der Waals surface area (Å²) in [7, 11) is 2.00. The summed E-state index contributed by atoms with van der Waals surface area (Å²) in [5, 5.41) is 2.61. The zero-order valence-corrected chi connectivity index (χ0v) is 23.5. The number of alkyl halides is 3. The molecule has 2 aliphatic rings. The van der Waals surface area contributed by atoms with E-state index in [2.05, 4.69) is 25.1 Å². The average Bonchev–Trinajstić information content (AvgIpc) is 2.96. The van der Waals surface area contributed by atoms with E-state index >= 15 is 4.39 Å². The Hall–Kier alpha value is -4.19. The summed E-state index contributed by atoms with van der Waals surface area (Å²) in [5.41, 5.74) is -1.51. The van der Waals surface area contributed by atoms with Crippen molar-refractivity contribution in [2.24, 2.45) is 0 Å². The SMILES string of the molecule is C[C@@H]1CN(c2cc(F)c(C3=CCN(c4ccccn4)CC3)cc2NC(=O)c2c[nH]c(=O)cc2C(F)(F)F)C[C@H](C)N1C. The number of amides is 1. The van der Waals surface area contributed by atoms with Gasteiger partial charge in [-0.25, -0.2) is 9.37 Å². The predicted octanol–water partition coefficient (Wildman–Crippen LogP) is 5.00. The molecule has 1 saturated heterocycles. The van der Waals surface area contributed by atoms with Gasteiger partial charge in [0.2, 0.25) is 5.56 Å². The molecule has 0 radical (unpaired) electrons. The minimum absolute atomic E-state index is 0.106. The van der Waals surface area contributed by atoms with E-state index in [-0.39, 0.29) is 23.3 Å². The molecule has 0 bridgehead atoms. The van der Waals surface area contributed by atoms with Crippen LogP contribution < -0.4 is 20.7 Å². The lowest BCUT2D eigenvalue weighted by molar-refractivity contribution is -0.138. The van der Waals surface area contributed by atoms with Crippen LogP contribution in [0.3, 0.4) is 0 Å². The Morgan fingerprint density at radius 1 is 1.10 bits per heavy atom. The van der Waals surface area contributed by atoms with Crippen LogP contribution in [0.1, 0.15) is 41.8 Å². The van der Waals surface area contributed by atoms with Crippen LogP contribution in [0.4, 0.5) is 34.8 Å². The summed E-state index contributed by atoms with van der Waals surface area (Å²) in [6.45, 7) is 6.19. The van der Waals surface area contributed by atoms with E-state index in [4.69, 9.17) is 0 Å². The first-order chi connectivity index (χ1) is 19.9. The molecule has 1 fully saturated rings. The van der Waals surface area contributed by atoms with Crippen molar-refractivity contribution in [1.29, 1.82) is 0 Å². The number of likely N-dealkylation sites (N-methyl/N-ethyl adjacent to an activating group) is 1. The largest absolute Gasteiger partial charge is 0.417 e. The van der Waals surface area contributed by atoms with Gasteiger partial charge in [-0.2, -0.15) is 13.2 Å². The van der Waals surface area contributed by atoms with Gasteiger partial charge in [0, 0.05) is 62.3 Å². The maximum Gasteiger partial charge on any atom is 0.417 e. The average molecular weight is 585 g/mol. The van der Waals surface area contributed by atoms with Crippen molar-refractivity contribution in [3.8, 4) is 0 Å². The Bertz CT molecular complexity index is 1540. The van der Waals surface area contributed by atoms with E-state index in [9.17, 15) is 22.8 Å². The molecule has 0 aliphatic carbocycles. The number of halogens is 4. The predicted molar refractivity (Wildman–Crippen MR) is 154 cm³/mol. The van der Waals surface area contributed by atoms with Crippen molar-refractivity contribution in [3.63, 3.8) is 0 Å². The number of hydrogen-bond donors (Lipinski definition) is 2. The molecule has 0 saturated carbocycles. The summed E-state index contributed by atoms with van der Waals surface area (Å²) in [4.78, 5) is 37.6. The zero-order chi connectivity index (χ0) is 30.2. The van der Waals surface area contributed by atoms with Gasteiger partial charge in [-0.15, -0.1) is 0 Å². The van der Waals surface area contributed by atoms with Gasteiger partial charge in [0.15, 0.2) is 0 Å². The van der Waals surface area contributed by atoms with Gasteiger partial charge >= 0.3 is 6.18 Å². The molecule has 2 N–H and O–H groups in total. The van der Waals surface area contributed by atoms with E-state index in [0.29, 0.717) is 44.4 Å². The number of benzene rings is 1. The van der Waals surface area contributed by atoms with Gasteiger partial charge in [-0.3, -0.25) is 14.5 Å². The molecule has 5 rings (SSSR count). The molecule has 2 aliphatic heterocycles. The Balaban J connectivity index is 1.53. The first-order valence-corrected chi connectivity index (χ1v) is 13.7. The molecule has 42 heavy (non-hydrogen) atoms. The third kappa shape index (κ3) is 6.03. The lowest BCUT2D eigenvalue weighted by Crippen LogP contribution is -2.55. The quantitative estimate of drug-likeness (QED) is 0.411. The summed E-state index contributed by atoms with van der Waals surface area (Å²) >= 11 is 0. The highest BCUT2D eigenvalue weighted by molar-refractivity contribution is 6.07. The van der Waals surface area contributed by atoms with Gasteiger partial charge in [0.25, 0.3) is 5.91 Å². The van der Waals surface area contributed by atoms with Crippen molar-refractivity contribution < 1.29 is 22.4 Å². The number of H-pyrrole nitrogens is 1. The monoisotopic (exact) mass is 584 g/mol. The van der Waals surface area contributed by atoms with E-state index in [1.54, 1.807) is 6.20 Å². The molecular formula is C30H32F4N6O2. The minimum atomic E-state index is -4.92. The first kappa shape index (κ1) is 29.3. The number of hydrogen-bond acceptors (Lipinski definition) is 6. The van der Waals surface area contributed by atoms with E-state index in [0.717, 1.165) is 17.6 Å². The van der Waals surface area contributed by atoms with E-state index < -0.39 is 34.6 Å². The van der Waals surface area contributed by atoms with Gasteiger partial charge in [0.05, 0.1) is 22.5 Å². The number of nitrogens with zero attached hydrogens (tertiary/aromatic N) is 4. The lowest BCUT2D eigenvalue weighted by atomic mass is 9.96. The molecule has 12 heteroatoms. The Labute approximate surface area is 240 Å². The minimum Gasteiger partial charge on any atom is -0.367 e. The smallest absolute Gasteiger partial charge is 0.367 e. The number of aromatic nitrogens is 2. The van der Waals surface area contributed by atoms with Gasteiger partial charge in [-0.05, 0) is 57.2 Å². The third-order valence-corrected chi connectivity index (χ3v) is 8.04. The maximum absolute atomic E-state index is 15.8. The molecule has 1 aromatic carbocycles. The number of nitrogens with one attached hydrogen (secondary N) is 2. The summed E-state index contributed by atoms with van der Waals surface area (Å²) in [5.74, 6) is -0.748. The number of anilines is 3. The molecular weight excluding hydrogens is 552 g/mol. The van der Waals surface area contributed by atoms with Gasteiger partial charge in [-0.1, -0.05) is 12.1 Å². The molecule has 2 aromatic heterocycles. The van der Waals surface area contributed by atoms with Crippen molar-refractivity contribution in [1.82, 2.24) is 14.9 Å². The highest BCUT2D eigenvalue weighted by Gasteiger charge is 2.36. The van der Waals surface area contributed by atoms with Gasteiger partial charge < -0.3 is 20.1 Å². The van der Waals surface area contributed by atoms with Crippen LogP contribution in [-0.4, -0.2) is 66.1 Å². The Morgan fingerprint density at radius 2 is 1.83 bits per heavy atom. The normalized spacial score (nSPS) is 19.9. The van der Waals surface area contributed by atoms with Crippen LogP contribution >= 0.6 is 0 Å². The molecule has 4 heterocycles. The molecule has 222 valence electrons. The fourth-order valence-electron chi connectivity index (χ4n) is 5.52. The zero-order valence-electron chi connectivity index (χ0n) is 23.5. The fourth-order valence-corrected chi connectivity index (χ4v) is 5.52. The number of carbonyl (C=O) groups is 1. The van der Waals surface area contributed by atoms with E-state index in [1.807, 2.05) is 50.1 Å².